The number of carbonyl (C=O) groups is 1. The van der Waals surface area contributed by atoms with Crippen molar-refractivity contribution in [2.24, 2.45) is 28.6 Å². The zero-order valence-corrected chi connectivity index (χ0v) is 17.9. The Bertz CT molecular complexity index is 559. The second-order valence-electron chi connectivity index (χ2n) is 9.41. The first-order chi connectivity index (χ1) is 12.3. The molecule has 0 radical (unpaired) electrons. The molecule has 0 heterocycles. The molecule has 0 aliphatic heterocycles. The molecule has 7 atom stereocenters. The first-order valence-corrected chi connectivity index (χ1v) is 10.7. The van der Waals surface area contributed by atoms with Crippen molar-refractivity contribution in [1.29, 1.82) is 0 Å². The number of hydrogen-bond acceptors (Lipinski definition) is 3. The molecule has 5 unspecified atom stereocenters. The summed E-state index contributed by atoms with van der Waals surface area (Å²) in [6.07, 6.45) is 11.6. The van der Waals surface area contributed by atoms with Gasteiger partial charge in [-0.05, 0) is 61.7 Å². The molecule has 0 aromatic carbocycles. The number of allylic oxidation sites excluding steroid dienone is 1. The van der Waals surface area contributed by atoms with Gasteiger partial charge >= 0.3 is 0 Å². The van der Waals surface area contributed by atoms with E-state index < -0.39 is 0 Å². The van der Waals surface area contributed by atoms with Crippen molar-refractivity contribution in [2.45, 2.75) is 71.0 Å². The highest BCUT2D eigenvalue weighted by Gasteiger charge is 2.56. The van der Waals surface area contributed by atoms with Crippen molar-refractivity contribution in [3.63, 3.8) is 0 Å². The van der Waals surface area contributed by atoms with Crippen LogP contribution in [0.2, 0.25) is 0 Å². The largest absolute Gasteiger partial charge is 0.393 e. The maximum absolute atomic E-state index is 12.6. The van der Waals surface area contributed by atoms with E-state index in [1.54, 1.807) is 4.90 Å². The molecule has 3 aliphatic rings. The minimum absolute atomic E-state index is 0.120. The predicted octanol–water partition coefficient (Wildman–Crippen LogP) is 3.80. The number of aliphatic hydroxyl groups is 1. The second kappa shape index (κ2) is 7.53. The smallest absolute Gasteiger partial charge is 0.231 e. The van der Waals surface area contributed by atoms with Gasteiger partial charge in [-0.3, -0.25) is 4.79 Å². The molecular weight excluding hydrogens is 345 g/mol. The highest BCUT2D eigenvalue weighted by Crippen LogP contribution is 2.58. The third-order valence-corrected chi connectivity index (χ3v) is 7.99. The van der Waals surface area contributed by atoms with Gasteiger partial charge in [-0.15, -0.1) is 0 Å². The quantitative estimate of drug-likeness (QED) is 0.562. The van der Waals surface area contributed by atoms with Gasteiger partial charge in [0.25, 0.3) is 0 Å². The number of fused-ring (bicyclic) bond motifs is 1. The minimum Gasteiger partial charge on any atom is -0.393 e. The van der Waals surface area contributed by atoms with E-state index in [1.165, 1.54) is 12.8 Å². The summed E-state index contributed by atoms with van der Waals surface area (Å²) >= 11 is 0. The van der Waals surface area contributed by atoms with Crippen LogP contribution in [0.1, 0.15) is 58.8 Å². The molecule has 0 saturated heterocycles. The van der Waals surface area contributed by atoms with Gasteiger partial charge in [-0.25, -0.2) is 0 Å². The van der Waals surface area contributed by atoms with E-state index in [1.807, 2.05) is 14.1 Å². The number of nitrogens with zero attached hydrogens (tertiary/aromatic N) is 1. The zero-order chi connectivity index (χ0) is 19.1. The van der Waals surface area contributed by atoms with Crippen LogP contribution in [0.3, 0.4) is 0 Å². The number of rotatable bonds is 6. The number of carbonyl (C=O) groups excluding carboxylic acids is 1. The average molecular weight is 381 g/mol. The Morgan fingerprint density at radius 1 is 1.23 bits per heavy atom. The van der Waals surface area contributed by atoms with E-state index >= 15 is 0 Å². The summed E-state index contributed by atoms with van der Waals surface area (Å²) in [4.78, 5) is 14.3. The van der Waals surface area contributed by atoms with Crippen molar-refractivity contribution < 1.29 is 14.4 Å². The summed E-state index contributed by atoms with van der Waals surface area (Å²) in [7, 11) is 6.00. The lowest BCUT2D eigenvalue weighted by molar-refractivity contribution is -0.136. The van der Waals surface area contributed by atoms with E-state index in [2.05, 4.69) is 35.5 Å². The summed E-state index contributed by atoms with van der Waals surface area (Å²) in [5.41, 5.74) is -0.125. The Balaban J connectivity index is 1.71. The van der Waals surface area contributed by atoms with Crippen LogP contribution in [0.5, 0.6) is 0 Å². The number of aliphatic hydroxyl groups excluding tert-OH is 1. The van der Waals surface area contributed by atoms with Gasteiger partial charge in [-0.1, -0.05) is 32.4 Å². The third kappa shape index (κ3) is 3.38. The Kier molecular flexibility index (Phi) is 5.88. The summed E-state index contributed by atoms with van der Waals surface area (Å²) in [6.45, 7) is 4.69. The van der Waals surface area contributed by atoms with E-state index in [0.717, 1.165) is 32.1 Å². The molecule has 3 rings (SSSR count). The average Bonchev–Trinajstić information content (AvgIpc) is 3.31. The van der Waals surface area contributed by atoms with E-state index in [0.29, 0.717) is 17.8 Å². The maximum atomic E-state index is 12.6. The fourth-order valence-electron chi connectivity index (χ4n) is 6.02. The van der Waals surface area contributed by atoms with Crippen molar-refractivity contribution in [2.75, 3.05) is 14.1 Å². The molecule has 148 valence electrons. The van der Waals surface area contributed by atoms with Gasteiger partial charge in [0.15, 0.2) is 0 Å². The molecule has 26 heavy (non-hydrogen) atoms. The topological polar surface area (TPSA) is 49.8 Å². The van der Waals surface area contributed by atoms with Gasteiger partial charge in [0.05, 0.1) is 17.6 Å². The maximum Gasteiger partial charge on any atom is 0.231 e. The molecule has 3 saturated carbocycles. The Morgan fingerprint density at radius 3 is 2.50 bits per heavy atom. The monoisotopic (exact) mass is 381 g/mol. The van der Waals surface area contributed by atoms with E-state index in [9.17, 15) is 9.90 Å². The highest BCUT2D eigenvalue weighted by atomic mass is 31.0. The van der Waals surface area contributed by atoms with Gasteiger partial charge in [-0.2, -0.15) is 0 Å². The standard InChI is InChI=1S/C21H36NO3P/c1-14(15-8-9-16-17(23)6-5-11-20(15,16)2)7-10-18(25-26)21(12-13-21)19(24)22(3)4/h7,10,14-18,23H,5-6,8-9,11-13,26H2,1-4H3/b10-7+/t14-,15?,16?,17?,18?,20-/m1/s1. The lowest BCUT2D eigenvalue weighted by atomic mass is 9.62. The van der Waals surface area contributed by atoms with Crippen LogP contribution in [0.4, 0.5) is 0 Å². The second-order valence-corrected chi connectivity index (χ2v) is 9.68. The zero-order valence-electron chi connectivity index (χ0n) is 16.8. The summed E-state index contributed by atoms with van der Waals surface area (Å²) in [6, 6.07) is 0. The third-order valence-electron chi connectivity index (χ3n) is 7.70. The van der Waals surface area contributed by atoms with Crippen molar-refractivity contribution in [3.8, 4) is 0 Å². The molecule has 1 N–H and O–H groups in total. The Morgan fingerprint density at radius 2 is 1.92 bits per heavy atom. The summed E-state index contributed by atoms with van der Waals surface area (Å²) in [5, 5.41) is 10.4. The molecule has 3 aliphatic carbocycles. The predicted molar refractivity (Wildman–Crippen MR) is 107 cm³/mol. The minimum atomic E-state index is -0.370. The van der Waals surface area contributed by atoms with E-state index in [-0.39, 0.29) is 28.9 Å². The van der Waals surface area contributed by atoms with Gasteiger partial charge in [0.2, 0.25) is 5.91 Å². The van der Waals surface area contributed by atoms with Crippen LogP contribution in [0.25, 0.3) is 0 Å². The van der Waals surface area contributed by atoms with Gasteiger partial charge < -0.3 is 14.5 Å². The fourth-order valence-corrected chi connectivity index (χ4v) is 6.37. The van der Waals surface area contributed by atoms with Gasteiger partial charge in [0.1, 0.15) is 0 Å². The highest BCUT2D eigenvalue weighted by molar-refractivity contribution is 7.09. The molecule has 0 bridgehead atoms. The van der Waals surface area contributed by atoms with Crippen LogP contribution >= 0.6 is 9.47 Å². The molecule has 0 aromatic rings. The van der Waals surface area contributed by atoms with Gasteiger partial charge in [0, 0.05) is 23.6 Å². The first-order valence-electron chi connectivity index (χ1n) is 10.2. The summed E-state index contributed by atoms with van der Waals surface area (Å²) in [5.74, 6) is 1.66. The Hall–Kier alpha value is -0.440. The molecule has 0 spiro atoms. The summed E-state index contributed by atoms with van der Waals surface area (Å²) < 4.78 is 5.65. The van der Waals surface area contributed by atoms with Crippen LogP contribution in [-0.2, 0) is 9.32 Å². The lowest BCUT2D eigenvalue weighted by Crippen LogP contribution is -2.41. The molecule has 5 heteroatoms. The normalized spacial score (nSPS) is 38.0. The molecule has 4 nitrogen and oxygen atoms in total. The first kappa shape index (κ1) is 20.3. The molecular formula is C21H36NO3P. The molecule has 0 aromatic heterocycles. The van der Waals surface area contributed by atoms with Crippen LogP contribution in [0, 0.1) is 28.6 Å². The Labute approximate surface area is 161 Å². The van der Waals surface area contributed by atoms with Crippen molar-refractivity contribution in [1.82, 2.24) is 4.90 Å². The van der Waals surface area contributed by atoms with Crippen LogP contribution in [-0.4, -0.2) is 42.2 Å². The SMILES string of the molecule is C[C@H](/C=C/C(OP)C1(C(=O)N(C)C)CC1)C1CCC2C(O)CCC[C@@]21C. The van der Waals surface area contributed by atoms with E-state index in [4.69, 9.17) is 4.52 Å². The lowest BCUT2D eigenvalue weighted by Gasteiger charge is -2.44. The number of hydrogen-bond donors (Lipinski definition) is 1. The van der Waals surface area contributed by atoms with Crippen molar-refractivity contribution >= 4 is 15.4 Å². The van der Waals surface area contributed by atoms with Crippen LogP contribution in [0.15, 0.2) is 12.2 Å². The number of amides is 1. The van der Waals surface area contributed by atoms with Crippen LogP contribution < -0.4 is 0 Å². The molecule has 3 fully saturated rings. The molecule has 1 amide bonds. The van der Waals surface area contributed by atoms with Crippen molar-refractivity contribution in [3.05, 3.63) is 12.2 Å². The fraction of sp³-hybridized carbons (Fsp3) is 0.857.